The molecule has 1 amide bonds. The molecule has 0 spiro atoms. The fourth-order valence-corrected chi connectivity index (χ4v) is 3.65. The van der Waals surface area contributed by atoms with Gasteiger partial charge < -0.3 is 9.73 Å². The lowest BCUT2D eigenvalue weighted by molar-refractivity contribution is -0.118. The van der Waals surface area contributed by atoms with Gasteiger partial charge in [0.05, 0.1) is 17.6 Å². The monoisotopic (exact) mass is 404 g/mol. The van der Waals surface area contributed by atoms with E-state index >= 15 is 0 Å². The smallest absolute Gasteiger partial charge is 0.230 e. The number of halogens is 1. The van der Waals surface area contributed by atoms with Gasteiger partial charge in [-0.1, -0.05) is 35.5 Å². The third-order valence-electron chi connectivity index (χ3n) is 4.02. The molecule has 27 heavy (non-hydrogen) atoms. The Hall–Kier alpha value is -2.25. The zero-order valence-corrected chi connectivity index (χ0v) is 17.0. The molecule has 3 rings (SSSR count). The third-order valence-corrected chi connectivity index (χ3v) is 5.21. The number of aromatic nitrogens is 3. The number of aryl methyl sites for hydroxylation is 1. The molecule has 1 aromatic carbocycles. The van der Waals surface area contributed by atoms with Crippen LogP contribution in [0.3, 0.4) is 0 Å². The van der Waals surface area contributed by atoms with Crippen molar-refractivity contribution < 1.29 is 9.21 Å². The highest BCUT2D eigenvalue weighted by Gasteiger charge is 2.20. The van der Waals surface area contributed by atoms with Gasteiger partial charge in [0.1, 0.15) is 5.76 Å². The molecule has 142 valence electrons. The second-order valence-electron chi connectivity index (χ2n) is 6.35. The summed E-state index contributed by atoms with van der Waals surface area (Å²) in [6.07, 6.45) is 1.64. The van der Waals surface area contributed by atoms with Crippen molar-refractivity contribution in [3.63, 3.8) is 0 Å². The lowest BCUT2D eigenvalue weighted by Crippen LogP contribution is -2.24. The van der Waals surface area contributed by atoms with E-state index in [4.69, 9.17) is 16.0 Å². The average molecular weight is 405 g/mol. The fraction of sp³-hybridized carbons (Fsp3) is 0.316. The fourth-order valence-electron chi connectivity index (χ4n) is 2.63. The molecule has 0 radical (unpaired) electrons. The maximum absolute atomic E-state index is 12.2. The maximum atomic E-state index is 12.2. The molecule has 0 aliphatic heterocycles. The van der Waals surface area contributed by atoms with Crippen LogP contribution in [0.5, 0.6) is 0 Å². The van der Waals surface area contributed by atoms with Crippen molar-refractivity contribution in [2.45, 2.75) is 38.5 Å². The van der Waals surface area contributed by atoms with E-state index in [0.29, 0.717) is 16.7 Å². The molecule has 0 atom stereocenters. The van der Waals surface area contributed by atoms with Crippen LogP contribution in [0.25, 0.3) is 11.4 Å². The van der Waals surface area contributed by atoms with Crippen LogP contribution in [-0.2, 0) is 11.3 Å². The second kappa shape index (κ2) is 8.63. The highest BCUT2D eigenvalue weighted by molar-refractivity contribution is 7.99. The molecule has 0 fully saturated rings. The first kappa shape index (κ1) is 19.5. The van der Waals surface area contributed by atoms with E-state index < -0.39 is 0 Å². The van der Waals surface area contributed by atoms with Crippen LogP contribution in [0.4, 0.5) is 0 Å². The van der Waals surface area contributed by atoms with Crippen LogP contribution in [0.2, 0.25) is 5.02 Å². The van der Waals surface area contributed by atoms with E-state index in [9.17, 15) is 4.79 Å². The Kier molecular flexibility index (Phi) is 6.23. The number of hydrogen-bond acceptors (Lipinski definition) is 5. The minimum Gasteiger partial charge on any atom is -0.469 e. The Labute approximate surface area is 167 Å². The summed E-state index contributed by atoms with van der Waals surface area (Å²) < 4.78 is 7.40. The van der Waals surface area contributed by atoms with E-state index in [-0.39, 0.29) is 17.7 Å². The third kappa shape index (κ3) is 4.73. The number of benzene rings is 1. The first-order valence-electron chi connectivity index (χ1n) is 8.59. The zero-order valence-electron chi connectivity index (χ0n) is 15.4. The van der Waals surface area contributed by atoms with E-state index in [1.807, 2.05) is 41.8 Å². The summed E-state index contributed by atoms with van der Waals surface area (Å²) >= 11 is 7.24. The average Bonchev–Trinajstić information content (AvgIpc) is 3.25. The Balaban J connectivity index is 1.63. The van der Waals surface area contributed by atoms with Crippen molar-refractivity contribution in [2.24, 2.45) is 0 Å². The van der Waals surface area contributed by atoms with Crippen molar-refractivity contribution >= 4 is 29.3 Å². The van der Waals surface area contributed by atoms with Gasteiger partial charge in [-0.25, -0.2) is 0 Å². The van der Waals surface area contributed by atoms with E-state index in [0.717, 1.165) is 22.7 Å². The Morgan fingerprint density at radius 1 is 1.26 bits per heavy atom. The van der Waals surface area contributed by atoms with E-state index in [1.54, 1.807) is 6.26 Å². The number of amides is 1. The Morgan fingerprint density at radius 2 is 2.00 bits per heavy atom. The normalized spacial score (nSPS) is 11.1. The van der Waals surface area contributed by atoms with Crippen molar-refractivity contribution in [3.05, 3.63) is 52.9 Å². The summed E-state index contributed by atoms with van der Waals surface area (Å²) in [4.78, 5) is 12.2. The van der Waals surface area contributed by atoms with Crippen molar-refractivity contribution in [2.75, 3.05) is 5.75 Å². The number of hydrogen-bond donors (Lipinski definition) is 1. The number of nitrogens with one attached hydrogen (secondary N) is 1. The zero-order chi connectivity index (χ0) is 19.4. The number of rotatable bonds is 7. The first-order valence-corrected chi connectivity index (χ1v) is 9.95. The van der Waals surface area contributed by atoms with Crippen LogP contribution in [-0.4, -0.2) is 26.4 Å². The molecule has 0 unspecified atom stereocenters. The molecule has 1 N–H and O–H groups in total. The van der Waals surface area contributed by atoms with Gasteiger partial charge in [-0.05, 0) is 44.5 Å². The predicted molar refractivity (Wildman–Crippen MR) is 107 cm³/mol. The van der Waals surface area contributed by atoms with Crippen LogP contribution < -0.4 is 5.32 Å². The highest BCUT2D eigenvalue weighted by atomic mass is 35.5. The molecule has 8 heteroatoms. The number of carbonyl (C=O) groups excluding carboxylic acids is 1. The van der Waals surface area contributed by atoms with Gasteiger partial charge in [0.2, 0.25) is 5.91 Å². The van der Waals surface area contributed by atoms with Crippen molar-refractivity contribution in [1.29, 1.82) is 0 Å². The molecule has 0 aliphatic rings. The van der Waals surface area contributed by atoms with Gasteiger partial charge in [0.15, 0.2) is 11.0 Å². The van der Waals surface area contributed by atoms with Crippen LogP contribution in [0, 0.1) is 6.92 Å². The molecule has 2 aromatic heterocycles. The van der Waals surface area contributed by atoms with E-state index in [1.165, 1.54) is 11.8 Å². The molecular weight excluding hydrogens is 384 g/mol. The molecule has 0 bridgehead atoms. The quantitative estimate of drug-likeness (QED) is 0.587. The van der Waals surface area contributed by atoms with Crippen LogP contribution in [0.1, 0.15) is 31.2 Å². The molecule has 0 saturated heterocycles. The van der Waals surface area contributed by atoms with Gasteiger partial charge in [0, 0.05) is 17.6 Å². The molecule has 6 nitrogen and oxygen atoms in total. The predicted octanol–water partition coefficient (Wildman–Crippen LogP) is 4.49. The molecule has 2 heterocycles. The Morgan fingerprint density at radius 3 is 2.63 bits per heavy atom. The summed E-state index contributed by atoms with van der Waals surface area (Å²) in [6.45, 7) is 6.48. The lowest BCUT2D eigenvalue weighted by atomic mass is 10.2. The van der Waals surface area contributed by atoms with Crippen LogP contribution in [0.15, 0.2) is 46.2 Å². The van der Waals surface area contributed by atoms with Gasteiger partial charge in [0.25, 0.3) is 0 Å². The minimum absolute atomic E-state index is 0.0608. The van der Waals surface area contributed by atoms with Crippen LogP contribution >= 0.6 is 23.4 Å². The summed E-state index contributed by atoms with van der Waals surface area (Å²) in [5.41, 5.74) is 1.91. The number of furan rings is 1. The standard InChI is InChI=1S/C19H21ClN4O2S/c1-12(2)24-18(16-8-9-26-13(16)3)22-23-19(24)27-11-17(25)21-10-14-4-6-15(20)7-5-14/h4-9,12H,10-11H2,1-3H3,(H,21,25). The molecular formula is C19H21ClN4O2S. The van der Waals surface area contributed by atoms with Gasteiger partial charge in [-0.15, -0.1) is 10.2 Å². The summed E-state index contributed by atoms with van der Waals surface area (Å²) in [6, 6.07) is 9.44. The first-order chi connectivity index (χ1) is 13.0. The molecule has 0 saturated carbocycles. The van der Waals surface area contributed by atoms with Gasteiger partial charge >= 0.3 is 0 Å². The summed E-state index contributed by atoms with van der Waals surface area (Å²) in [5, 5.41) is 12.9. The largest absolute Gasteiger partial charge is 0.469 e. The lowest BCUT2D eigenvalue weighted by Gasteiger charge is -2.13. The number of nitrogens with zero attached hydrogens (tertiary/aromatic N) is 3. The van der Waals surface area contributed by atoms with Crippen molar-refractivity contribution in [3.8, 4) is 11.4 Å². The van der Waals surface area contributed by atoms with Crippen molar-refractivity contribution in [1.82, 2.24) is 20.1 Å². The minimum atomic E-state index is -0.0608. The molecule has 3 aromatic rings. The second-order valence-corrected chi connectivity index (χ2v) is 7.73. The summed E-state index contributed by atoms with van der Waals surface area (Å²) in [7, 11) is 0. The SMILES string of the molecule is Cc1occc1-c1nnc(SCC(=O)NCc2ccc(Cl)cc2)n1C(C)C. The summed E-state index contributed by atoms with van der Waals surface area (Å²) in [5.74, 6) is 1.75. The highest BCUT2D eigenvalue weighted by Crippen LogP contribution is 2.29. The number of thioether (sulfide) groups is 1. The topological polar surface area (TPSA) is 72.9 Å². The van der Waals surface area contributed by atoms with Gasteiger partial charge in [-0.3, -0.25) is 9.36 Å². The van der Waals surface area contributed by atoms with Gasteiger partial charge in [-0.2, -0.15) is 0 Å². The van der Waals surface area contributed by atoms with E-state index in [2.05, 4.69) is 29.4 Å². The maximum Gasteiger partial charge on any atom is 0.230 e. The number of carbonyl (C=O) groups is 1. The Bertz CT molecular complexity index is 918. The molecule has 0 aliphatic carbocycles.